The molecule has 3 aromatic rings. The van der Waals surface area contributed by atoms with Crippen LogP contribution in [0.4, 0.5) is 5.69 Å². The number of para-hydroxylation sites is 2. The van der Waals surface area contributed by atoms with Crippen LogP contribution in [0.1, 0.15) is 12.5 Å². The number of nitrogens with one attached hydrogen (secondary N) is 1. The molecule has 0 radical (unpaired) electrons. The quantitative estimate of drug-likeness (QED) is 0.718. The third-order valence-electron chi connectivity index (χ3n) is 3.76. The molecule has 0 bridgehead atoms. The Kier molecular flexibility index (Phi) is 3.67. The number of allylic oxidation sites excluding steroid dienone is 2. The number of hydrogen-bond donors (Lipinski definition) is 1. The van der Waals surface area contributed by atoms with Crippen molar-refractivity contribution in [3.63, 3.8) is 0 Å². The van der Waals surface area contributed by atoms with Crippen molar-refractivity contribution in [1.82, 2.24) is 4.57 Å². The first kappa shape index (κ1) is 14.0. The van der Waals surface area contributed by atoms with E-state index < -0.39 is 0 Å². The van der Waals surface area contributed by atoms with Crippen LogP contribution in [0.5, 0.6) is 0 Å². The van der Waals surface area contributed by atoms with E-state index >= 15 is 0 Å². The molecule has 2 aromatic carbocycles. The molecule has 1 N–H and O–H groups in total. The fraction of sp³-hybridized carbons (Fsp3) is 0.105. The smallest absolute Gasteiger partial charge is 0.102 e. The third-order valence-corrected chi connectivity index (χ3v) is 3.76. The second kappa shape index (κ2) is 5.79. The lowest BCUT2D eigenvalue weighted by Gasteiger charge is -2.09. The molecule has 0 unspecified atom stereocenters. The number of hydrogen-bond acceptors (Lipinski definition) is 2. The van der Waals surface area contributed by atoms with Crippen LogP contribution in [-0.4, -0.2) is 4.57 Å². The molecule has 0 atom stereocenters. The van der Waals surface area contributed by atoms with Crippen LogP contribution in [0, 0.1) is 11.3 Å². The maximum Gasteiger partial charge on any atom is 0.102 e. The number of anilines is 1. The van der Waals surface area contributed by atoms with E-state index in [2.05, 4.69) is 28.1 Å². The van der Waals surface area contributed by atoms with E-state index in [0.29, 0.717) is 5.57 Å². The summed E-state index contributed by atoms with van der Waals surface area (Å²) in [5, 5.41) is 14.0. The Labute approximate surface area is 130 Å². The second-order valence-electron chi connectivity index (χ2n) is 5.27. The number of fused-ring (bicyclic) bond motifs is 1. The molecule has 0 fully saturated rings. The van der Waals surface area contributed by atoms with Crippen molar-refractivity contribution in [3.8, 4) is 6.07 Å². The van der Waals surface area contributed by atoms with Gasteiger partial charge in [-0.05, 0) is 25.1 Å². The predicted octanol–water partition coefficient (Wildman–Crippen LogP) is 4.54. The van der Waals surface area contributed by atoms with Gasteiger partial charge in [-0.2, -0.15) is 5.26 Å². The molecule has 0 saturated carbocycles. The highest BCUT2D eigenvalue weighted by atomic mass is 14.9. The van der Waals surface area contributed by atoms with Crippen molar-refractivity contribution < 1.29 is 0 Å². The molecular weight excluding hydrogens is 270 g/mol. The lowest BCUT2D eigenvalue weighted by molar-refractivity contribution is 0.967. The third kappa shape index (κ3) is 2.47. The number of benzene rings is 2. The largest absolute Gasteiger partial charge is 0.358 e. The van der Waals surface area contributed by atoms with E-state index in [1.165, 1.54) is 0 Å². The van der Waals surface area contributed by atoms with Crippen LogP contribution in [0.15, 0.2) is 66.5 Å². The molecule has 0 aliphatic rings. The standard InChI is InChI=1S/C19H17N3/c1-14(21-15-8-4-3-5-9-15)17(12-20)18-13-22(2)19-11-7-6-10-16(18)19/h3-11,13,21H,1-2H3/b17-14-. The van der Waals surface area contributed by atoms with Crippen LogP contribution in [0.25, 0.3) is 16.5 Å². The minimum absolute atomic E-state index is 0.667. The topological polar surface area (TPSA) is 40.8 Å². The van der Waals surface area contributed by atoms with Gasteiger partial charge in [0.25, 0.3) is 0 Å². The summed E-state index contributed by atoms with van der Waals surface area (Å²) in [4.78, 5) is 0. The summed E-state index contributed by atoms with van der Waals surface area (Å²) in [6.07, 6.45) is 2.01. The second-order valence-corrected chi connectivity index (χ2v) is 5.27. The molecule has 0 spiro atoms. The van der Waals surface area contributed by atoms with Gasteiger partial charge in [-0.1, -0.05) is 36.4 Å². The van der Waals surface area contributed by atoms with Crippen molar-refractivity contribution in [3.05, 3.63) is 72.1 Å². The normalized spacial score (nSPS) is 11.9. The summed E-state index contributed by atoms with van der Waals surface area (Å²) in [6, 6.07) is 20.4. The fourth-order valence-corrected chi connectivity index (χ4v) is 2.69. The zero-order valence-corrected chi connectivity index (χ0v) is 12.7. The number of rotatable bonds is 3. The first-order valence-corrected chi connectivity index (χ1v) is 7.18. The van der Waals surface area contributed by atoms with Gasteiger partial charge in [0.2, 0.25) is 0 Å². The van der Waals surface area contributed by atoms with Crippen molar-refractivity contribution >= 4 is 22.2 Å². The van der Waals surface area contributed by atoms with Crippen molar-refractivity contribution in [1.29, 1.82) is 5.26 Å². The maximum absolute atomic E-state index is 9.64. The van der Waals surface area contributed by atoms with E-state index in [1.807, 2.05) is 62.6 Å². The van der Waals surface area contributed by atoms with E-state index in [4.69, 9.17) is 0 Å². The molecule has 1 heterocycles. The zero-order chi connectivity index (χ0) is 15.5. The van der Waals surface area contributed by atoms with E-state index in [1.54, 1.807) is 0 Å². The van der Waals surface area contributed by atoms with Crippen molar-refractivity contribution in [2.45, 2.75) is 6.92 Å². The van der Waals surface area contributed by atoms with Crippen molar-refractivity contribution in [2.24, 2.45) is 7.05 Å². The Bertz CT molecular complexity index is 880. The van der Waals surface area contributed by atoms with Gasteiger partial charge in [0.05, 0.1) is 5.57 Å². The molecule has 0 amide bonds. The van der Waals surface area contributed by atoms with Gasteiger partial charge < -0.3 is 9.88 Å². The Morgan fingerprint density at radius 2 is 1.73 bits per heavy atom. The first-order valence-electron chi connectivity index (χ1n) is 7.18. The SMILES string of the molecule is C/C(Nc1ccccc1)=C(\C#N)c1cn(C)c2ccccc12. The zero-order valence-electron chi connectivity index (χ0n) is 12.7. The Balaban J connectivity index is 2.10. The van der Waals surface area contributed by atoms with Gasteiger partial charge >= 0.3 is 0 Å². The van der Waals surface area contributed by atoms with E-state index in [-0.39, 0.29) is 0 Å². The molecule has 1 aromatic heterocycles. The molecule has 3 nitrogen and oxygen atoms in total. The van der Waals surface area contributed by atoms with Gasteiger partial charge in [0.1, 0.15) is 6.07 Å². The minimum Gasteiger partial charge on any atom is -0.358 e. The van der Waals surface area contributed by atoms with Crippen LogP contribution in [-0.2, 0) is 7.05 Å². The highest BCUT2D eigenvalue weighted by molar-refractivity contribution is 5.97. The molecular formula is C19H17N3. The summed E-state index contributed by atoms with van der Waals surface area (Å²) in [6.45, 7) is 1.94. The lowest BCUT2D eigenvalue weighted by Crippen LogP contribution is -1.99. The van der Waals surface area contributed by atoms with Crippen LogP contribution < -0.4 is 5.32 Å². The summed E-state index contributed by atoms with van der Waals surface area (Å²) in [7, 11) is 2.00. The summed E-state index contributed by atoms with van der Waals surface area (Å²) in [5.74, 6) is 0. The molecule has 3 rings (SSSR count). The number of nitrogens with zero attached hydrogens (tertiary/aromatic N) is 2. The molecule has 0 aliphatic heterocycles. The molecule has 22 heavy (non-hydrogen) atoms. The first-order chi connectivity index (χ1) is 10.7. The fourth-order valence-electron chi connectivity index (χ4n) is 2.69. The Morgan fingerprint density at radius 3 is 2.45 bits per heavy atom. The monoisotopic (exact) mass is 287 g/mol. The van der Waals surface area contributed by atoms with E-state index in [9.17, 15) is 5.26 Å². The summed E-state index contributed by atoms with van der Waals surface area (Å²) in [5.41, 5.74) is 4.58. The number of aromatic nitrogens is 1. The van der Waals surface area contributed by atoms with Gasteiger partial charge in [-0.3, -0.25) is 0 Å². The Hall–Kier alpha value is -2.99. The average molecular weight is 287 g/mol. The summed E-state index contributed by atoms with van der Waals surface area (Å²) >= 11 is 0. The Morgan fingerprint density at radius 1 is 1.05 bits per heavy atom. The minimum atomic E-state index is 0.667. The molecule has 0 saturated heterocycles. The molecule has 0 aliphatic carbocycles. The maximum atomic E-state index is 9.64. The lowest BCUT2D eigenvalue weighted by atomic mass is 10.0. The van der Waals surface area contributed by atoms with Crippen LogP contribution in [0.2, 0.25) is 0 Å². The van der Waals surface area contributed by atoms with E-state index in [0.717, 1.165) is 27.9 Å². The van der Waals surface area contributed by atoms with Gasteiger partial charge in [0.15, 0.2) is 0 Å². The predicted molar refractivity (Wildman–Crippen MR) is 91.2 cm³/mol. The number of nitriles is 1. The van der Waals surface area contributed by atoms with Crippen LogP contribution >= 0.6 is 0 Å². The van der Waals surface area contributed by atoms with Gasteiger partial charge in [0, 0.05) is 41.1 Å². The van der Waals surface area contributed by atoms with Gasteiger partial charge in [-0.15, -0.1) is 0 Å². The van der Waals surface area contributed by atoms with Crippen molar-refractivity contribution in [2.75, 3.05) is 5.32 Å². The average Bonchev–Trinajstić information content (AvgIpc) is 2.87. The molecule has 108 valence electrons. The van der Waals surface area contributed by atoms with Crippen LogP contribution in [0.3, 0.4) is 0 Å². The molecule has 3 heteroatoms. The highest BCUT2D eigenvalue weighted by Crippen LogP contribution is 2.28. The van der Waals surface area contributed by atoms with Gasteiger partial charge in [-0.25, -0.2) is 0 Å². The number of aryl methyl sites for hydroxylation is 1. The summed E-state index contributed by atoms with van der Waals surface area (Å²) < 4.78 is 2.05. The highest BCUT2D eigenvalue weighted by Gasteiger charge is 2.13.